The molecule has 0 bridgehead atoms. The summed E-state index contributed by atoms with van der Waals surface area (Å²) in [5.74, 6) is -1.44. The minimum Gasteiger partial charge on any atom is -0.379 e. The molecule has 0 atom stereocenters. The third-order valence-corrected chi connectivity index (χ3v) is 14.4. The smallest absolute Gasteiger partial charge is 0.255 e. The van der Waals surface area contributed by atoms with Crippen molar-refractivity contribution in [2.75, 3.05) is 63.1 Å². The lowest BCUT2D eigenvalue weighted by Gasteiger charge is -2.26. The van der Waals surface area contributed by atoms with Gasteiger partial charge in [0.05, 0.1) is 39.3 Å². The first-order valence-corrected chi connectivity index (χ1v) is 20.2. The van der Waals surface area contributed by atoms with Crippen molar-refractivity contribution in [3.8, 4) is 0 Å². The summed E-state index contributed by atoms with van der Waals surface area (Å²) in [6, 6.07) is 15.0. The first kappa shape index (κ1) is 35.1. The Kier molecular flexibility index (Phi) is 10.2. The number of benzene rings is 3. The van der Waals surface area contributed by atoms with Gasteiger partial charge in [-0.15, -0.1) is 0 Å². The van der Waals surface area contributed by atoms with Crippen LogP contribution in [0.3, 0.4) is 0 Å². The third-order valence-electron chi connectivity index (χ3n) is 8.69. The molecule has 0 spiro atoms. The first-order chi connectivity index (χ1) is 23.4. The van der Waals surface area contributed by atoms with Crippen LogP contribution in [-0.4, -0.2) is 102 Å². The number of ether oxygens (including phenoxy) is 1. The summed E-state index contributed by atoms with van der Waals surface area (Å²) in [5.41, 5.74) is -0.00422. The van der Waals surface area contributed by atoms with Gasteiger partial charge in [-0.25, -0.2) is 25.3 Å². The molecule has 6 rings (SSSR count). The molecule has 49 heavy (non-hydrogen) atoms. The highest BCUT2D eigenvalue weighted by Gasteiger charge is 2.30. The summed E-state index contributed by atoms with van der Waals surface area (Å²) in [4.78, 5) is 26.8. The van der Waals surface area contributed by atoms with E-state index >= 15 is 0 Å². The zero-order chi connectivity index (χ0) is 34.8. The normalized spacial score (nSPS) is 18.4. The molecule has 3 fully saturated rings. The average Bonchev–Trinajstić information content (AvgIpc) is 3.86. The molecule has 3 aromatic carbocycles. The van der Waals surface area contributed by atoms with Crippen molar-refractivity contribution in [1.82, 2.24) is 12.9 Å². The average molecular weight is 732 g/mol. The minimum absolute atomic E-state index is 0.00110. The molecule has 0 unspecified atom stereocenters. The molecule has 2 N–H and O–H groups in total. The van der Waals surface area contributed by atoms with Crippen LogP contribution in [0.5, 0.6) is 0 Å². The summed E-state index contributed by atoms with van der Waals surface area (Å²) in [5, 5.41) is 5.32. The van der Waals surface area contributed by atoms with Crippen molar-refractivity contribution in [1.29, 1.82) is 0 Å². The van der Waals surface area contributed by atoms with Gasteiger partial charge in [-0.05, 0) is 80.3 Å². The molecule has 3 aliphatic rings. The Morgan fingerprint density at radius 1 is 0.510 bits per heavy atom. The van der Waals surface area contributed by atoms with Crippen LogP contribution >= 0.6 is 0 Å². The van der Waals surface area contributed by atoms with Crippen molar-refractivity contribution in [3.63, 3.8) is 0 Å². The van der Waals surface area contributed by atoms with Crippen molar-refractivity contribution < 1.29 is 39.6 Å². The monoisotopic (exact) mass is 731 g/mol. The Morgan fingerprint density at radius 2 is 0.918 bits per heavy atom. The Morgan fingerprint density at radius 3 is 1.39 bits per heavy atom. The summed E-state index contributed by atoms with van der Waals surface area (Å²) < 4.78 is 88.9. The number of amides is 2. The highest BCUT2D eigenvalue weighted by Crippen LogP contribution is 2.30. The van der Waals surface area contributed by atoms with E-state index in [1.54, 1.807) is 0 Å². The van der Waals surface area contributed by atoms with E-state index < -0.39 is 41.9 Å². The van der Waals surface area contributed by atoms with Gasteiger partial charge >= 0.3 is 0 Å². The Bertz CT molecular complexity index is 2070. The second-order valence-electron chi connectivity index (χ2n) is 11.9. The van der Waals surface area contributed by atoms with Crippen LogP contribution in [-0.2, 0) is 34.8 Å². The molecule has 0 saturated carbocycles. The van der Waals surface area contributed by atoms with Crippen molar-refractivity contribution in [3.05, 3.63) is 77.9 Å². The summed E-state index contributed by atoms with van der Waals surface area (Å²) in [6.07, 6.45) is 3.00. The zero-order valence-electron chi connectivity index (χ0n) is 26.6. The number of nitrogens with zero attached hydrogens (tertiary/aromatic N) is 3. The number of carbonyl (C=O) groups is 2. The zero-order valence-corrected chi connectivity index (χ0v) is 29.0. The highest BCUT2D eigenvalue weighted by atomic mass is 32.2. The molecule has 3 saturated heterocycles. The van der Waals surface area contributed by atoms with Crippen LogP contribution in [0.1, 0.15) is 46.4 Å². The van der Waals surface area contributed by atoms with Crippen molar-refractivity contribution in [2.24, 2.45) is 0 Å². The Hall–Kier alpha value is -3.71. The van der Waals surface area contributed by atoms with Gasteiger partial charge in [-0.3, -0.25) is 9.59 Å². The number of morpholine rings is 1. The third kappa shape index (κ3) is 7.42. The van der Waals surface area contributed by atoms with E-state index in [-0.39, 0.29) is 63.5 Å². The molecule has 0 aliphatic carbocycles. The van der Waals surface area contributed by atoms with Gasteiger partial charge in [0.1, 0.15) is 0 Å². The van der Waals surface area contributed by atoms with Gasteiger partial charge in [-0.2, -0.15) is 12.9 Å². The molecular formula is C32H37N5O9S3. The number of anilines is 2. The van der Waals surface area contributed by atoms with E-state index in [1.165, 1.54) is 79.6 Å². The van der Waals surface area contributed by atoms with Crippen LogP contribution in [0.4, 0.5) is 11.4 Å². The summed E-state index contributed by atoms with van der Waals surface area (Å²) in [6.45, 7) is 2.29. The standard InChI is InChI=1S/C32H37N5O9S3/c38-31(24-7-5-9-26(21-24)47(40,41)35-13-1-2-14-35)33-29-12-11-28(49(44,45)37-17-19-46-20-18-37)23-30(29)34-32(39)25-8-6-10-27(22-25)48(42,43)36-15-3-4-16-36/h5-12,21-23H,1-4,13-20H2,(H,33,38)(H,34,39). The van der Waals surface area contributed by atoms with Gasteiger partial charge < -0.3 is 15.4 Å². The first-order valence-electron chi connectivity index (χ1n) is 15.9. The predicted molar refractivity (Wildman–Crippen MR) is 181 cm³/mol. The predicted octanol–water partition coefficient (Wildman–Crippen LogP) is 2.78. The lowest BCUT2D eigenvalue weighted by atomic mass is 10.1. The molecule has 14 nitrogen and oxygen atoms in total. The fourth-order valence-corrected chi connectivity index (χ4v) is 10.5. The van der Waals surface area contributed by atoms with Crippen LogP contribution in [0.15, 0.2) is 81.4 Å². The van der Waals surface area contributed by atoms with Crippen molar-refractivity contribution in [2.45, 2.75) is 40.4 Å². The fourth-order valence-electron chi connectivity index (χ4n) is 5.97. The molecule has 2 amide bonds. The quantitative estimate of drug-likeness (QED) is 0.317. The molecule has 3 aromatic rings. The minimum atomic E-state index is -4.01. The van der Waals surface area contributed by atoms with Gasteiger partial charge in [0.2, 0.25) is 30.1 Å². The maximum atomic E-state index is 13.6. The summed E-state index contributed by atoms with van der Waals surface area (Å²) in [7, 11) is -11.6. The number of sulfonamides is 3. The van der Waals surface area contributed by atoms with Crippen LogP contribution in [0.25, 0.3) is 0 Å². The number of hydrogen-bond donors (Lipinski definition) is 2. The van der Waals surface area contributed by atoms with E-state index in [0.29, 0.717) is 26.2 Å². The van der Waals surface area contributed by atoms with Crippen molar-refractivity contribution >= 4 is 53.3 Å². The van der Waals surface area contributed by atoms with Gasteiger partial charge in [0, 0.05) is 50.4 Å². The van der Waals surface area contributed by atoms with E-state index in [1.807, 2.05) is 0 Å². The SMILES string of the molecule is O=C(Nc1ccc(S(=O)(=O)N2CCOCC2)cc1NC(=O)c1cccc(S(=O)(=O)N2CCCC2)c1)c1cccc(S(=O)(=O)N2CCCC2)c1. The topological polar surface area (TPSA) is 180 Å². The maximum absolute atomic E-state index is 13.6. The van der Waals surface area contributed by atoms with Gasteiger partial charge in [-0.1, -0.05) is 12.1 Å². The number of carbonyl (C=O) groups excluding carboxylic acids is 2. The van der Waals surface area contributed by atoms with E-state index in [0.717, 1.165) is 25.7 Å². The lowest BCUT2D eigenvalue weighted by Crippen LogP contribution is -2.40. The number of hydrogen-bond acceptors (Lipinski definition) is 9. The summed E-state index contributed by atoms with van der Waals surface area (Å²) >= 11 is 0. The van der Waals surface area contributed by atoms with Crippen LogP contribution in [0, 0.1) is 0 Å². The second kappa shape index (κ2) is 14.3. The second-order valence-corrected chi connectivity index (χ2v) is 17.7. The van der Waals surface area contributed by atoms with Crippen LogP contribution < -0.4 is 10.6 Å². The van der Waals surface area contributed by atoms with E-state index in [2.05, 4.69) is 10.6 Å². The molecule has 3 heterocycles. The van der Waals surface area contributed by atoms with E-state index in [4.69, 9.17) is 4.74 Å². The molecule has 0 aromatic heterocycles. The highest BCUT2D eigenvalue weighted by molar-refractivity contribution is 7.89. The number of nitrogens with one attached hydrogen (secondary N) is 2. The van der Waals surface area contributed by atoms with E-state index in [9.17, 15) is 34.8 Å². The largest absolute Gasteiger partial charge is 0.379 e. The van der Waals surface area contributed by atoms with Crippen LogP contribution in [0.2, 0.25) is 0 Å². The Balaban J connectivity index is 1.31. The molecule has 0 radical (unpaired) electrons. The van der Waals surface area contributed by atoms with Gasteiger partial charge in [0.25, 0.3) is 11.8 Å². The molecule has 3 aliphatic heterocycles. The molecule has 17 heteroatoms. The van der Waals surface area contributed by atoms with Gasteiger partial charge in [0.15, 0.2) is 0 Å². The molecule has 262 valence electrons. The number of rotatable bonds is 10. The molecular weight excluding hydrogens is 695 g/mol. The lowest BCUT2D eigenvalue weighted by molar-refractivity contribution is 0.0730. The Labute approximate surface area is 286 Å². The fraction of sp³-hybridized carbons (Fsp3) is 0.375. The maximum Gasteiger partial charge on any atom is 0.255 e.